The van der Waals surface area contributed by atoms with Crippen molar-refractivity contribution in [3.8, 4) is 0 Å². The Hall–Kier alpha value is -1.34. The molecule has 1 rings (SSSR count). The molecule has 0 aliphatic rings. The smallest absolute Gasteiger partial charge is 0.295 e. The molecule has 0 fully saturated rings. The Morgan fingerprint density at radius 2 is 2.33 bits per heavy atom. The van der Waals surface area contributed by atoms with Crippen LogP contribution in [0.3, 0.4) is 0 Å². The normalized spacial score (nSPS) is 12.2. The molecule has 5 nitrogen and oxygen atoms in total. The second kappa shape index (κ2) is 7.17. The van der Waals surface area contributed by atoms with Crippen molar-refractivity contribution in [3.05, 3.63) is 34.1 Å². The third-order valence-corrected chi connectivity index (χ3v) is 3.10. The van der Waals surface area contributed by atoms with Gasteiger partial charge in [0.1, 0.15) is 11.5 Å². The zero-order valence-corrected chi connectivity index (χ0v) is 10.7. The molecule has 0 bridgehead atoms. The van der Waals surface area contributed by atoms with Crippen molar-refractivity contribution in [2.45, 2.75) is 12.5 Å². The molecule has 1 aromatic carbocycles. The van der Waals surface area contributed by atoms with Gasteiger partial charge in [-0.1, -0.05) is 0 Å². The quantitative estimate of drug-likeness (QED) is 0.589. The lowest BCUT2D eigenvalue weighted by atomic mass is 10.2. The van der Waals surface area contributed by atoms with Gasteiger partial charge >= 0.3 is 0 Å². The van der Waals surface area contributed by atoms with Gasteiger partial charge in [0.05, 0.1) is 11.0 Å². The highest BCUT2D eigenvalue weighted by molar-refractivity contribution is 7.98. The molecule has 1 aromatic rings. The van der Waals surface area contributed by atoms with Gasteiger partial charge in [-0.15, -0.1) is 0 Å². The van der Waals surface area contributed by atoms with E-state index in [1.54, 1.807) is 11.8 Å². The van der Waals surface area contributed by atoms with Crippen LogP contribution >= 0.6 is 11.8 Å². The number of nitrogens with zero attached hydrogens (tertiary/aromatic N) is 1. The molecule has 0 heterocycles. The Morgan fingerprint density at radius 3 is 2.89 bits per heavy atom. The van der Waals surface area contributed by atoms with Crippen LogP contribution in [0, 0.1) is 15.9 Å². The summed E-state index contributed by atoms with van der Waals surface area (Å²) >= 11 is 1.57. The second-order valence-corrected chi connectivity index (χ2v) is 4.64. The molecule has 0 spiro atoms. The van der Waals surface area contributed by atoms with E-state index in [4.69, 9.17) is 5.11 Å². The number of nitrogens with one attached hydrogen (secondary N) is 1. The lowest BCUT2D eigenvalue weighted by Crippen LogP contribution is -2.24. The number of benzene rings is 1. The molecule has 0 radical (unpaired) electrons. The van der Waals surface area contributed by atoms with Crippen molar-refractivity contribution in [2.75, 3.05) is 23.9 Å². The third-order valence-electron chi connectivity index (χ3n) is 2.36. The number of halogens is 1. The Bertz CT molecular complexity index is 411. The first-order chi connectivity index (χ1) is 8.58. The van der Waals surface area contributed by atoms with Crippen LogP contribution in [0.4, 0.5) is 15.8 Å². The van der Waals surface area contributed by atoms with E-state index in [0.29, 0.717) is 12.2 Å². The molecular weight excluding hydrogens is 259 g/mol. The first-order valence-corrected chi connectivity index (χ1v) is 6.78. The number of nitro benzene ring substituents is 1. The fourth-order valence-corrected chi connectivity index (χ4v) is 2.20. The van der Waals surface area contributed by atoms with E-state index >= 15 is 0 Å². The Labute approximate surface area is 109 Å². The van der Waals surface area contributed by atoms with Gasteiger partial charge < -0.3 is 10.4 Å². The highest BCUT2D eigenvalue weighted by Crippen LogP contribution is 2.26. The minimum absolute atomic E-state index is 0.00673. The molecule has 7 heteroatoms. The summed E-state index contributed by atoms with van der Waals surface area (Å²) in [5, 5.41) is 22.7. The maximum absolute atomic E-state index is 13.0. The van der Waals surface area contributed by atoms with Crippen LogP contribution in [0.2, 0.25) is 0 Å². The van der Waals surface area contributed by atoms with Crippen molar-refractivity contribution in [1.29, 1.82) is 0 Å². The first-order valence-electron chi connectivity index (χ1n) is 5.38. The molecule has 0 amide bonds. The number of aliphatic hydroxyl groups excluding tert-OH is 1. The summed E-state index contributed by atoms with van der Waals surface area (Å²) in [6.45, 7) is -0.00673. The van der Waals surface area contributed by atoms with Crippen LogP contribution < -0.4 is 5.32 Å². The van der Waals surface area contributed by atoms with Crippen molar-refractivity contribution in [2.24, 2.45) is 0 Å². The van der Waals surface area contributed by atoms with Gasteiger partial charge in [-0.2, -0.15) is 11.8 Å². The number of hydrogen-bond donors (Lipinski definition) is 2. The van der Waals surface area contributed by atoms with Gasteiger partial charge in [-0.3, -0.25) is 10.1 Å². The summed E-state index contributed by atoms with van der Waals surface area (Å²) in [4.78, 5) is 10.2. The van der Waals surface area contributed by atoms with E-state index in [2.05, 4.69) is 5.32 Å². The van der Waals surface area contributed by atoms with E-state index in [-0.39, 0.29) is 24.0 Å². The van der Waals surface area contributed by atoms with Crippen LogP contribution in [-0.2, 0) is 0 Å². The Kier molecular flexibility index (Phi) is 5.87. The lowest BCUT2D eigenvalue weighted by Gasteiger charge is -2.17. The Morgan fingerprint density at radius 1 is 1.61 bits per heavy atom. The molecule has 1 atom stereocenters. The Balaban J connectivity index is 2.90. The van der Waals surface area contributed by atoms with Crippen molar-refractivity contribution < 1.29 is 14.4 Å². The fourth-order valence-electron chi connectivity index (χ4n) is 1.55. The van der Waals surface area contributed by atoms with Crippen LogP contribution in [0.15, 0.2) is 18.2 Å². The maximum atomic E-state index is 13.0. The average Bonchev–Trinajstić information content (AvgIpc) is 2.32. The molecule has 100 valence electrons. The van der Waals surface area contributed by atoms with Crippen LogP contribution in [0.5, 0.6) is 0 Å². The summed E-state index contributed by atoms with van der Waals surface area (Å²) in [7, 11) is 0. The van der Waals surface area contributed by atoms with Gasteiger partial charge in [0.25, 0.3) is 5.69 Å². The van der Waals surface area contributed by atoms with Gasteiger partial charge in [-0.25, -0.2) is 4.39 Å². The minimum Gasteiger partial charge on any atom is -0.396 e. The molecule has 0 unspecified atom stereocenters. The molecular formula is C11H15FN2O3S. The maximum Gasteiger partial charge on any atom is 0.295 e. The highest BCUT2D eigenvalue weighted by atomic mass is 32.2. The molecule has 0 aliphatic carbocycles. The molecule has 0 aromatic heterocycles. The first kappa shape index (κ1) is 14.7. The highest BCUT2D eigenvalue weighted by Gasteiger charge is 2.17. The number of thioether (sulfide) groups is 1. The zero-order valence-electron chi connectivity index (χ0n) is 9.93. The summed E-state index contributed by atoms with van der Waals surface area (Å²) in [6.07, 6.45) is 2.39. The topological polar surface area (TPSA) is 75.4 Å². The molecule has 2 N–H and O–H groups in total. The fraction of sp³-hybridized carbons (Fsp3) is 0.455. The SMILES string of the molecule is CSC[C@@H](CCO)Nc1ccc(F)cc1[N+](=O)[O-]. The number of hydrogen-bond acceptors (Lipinski definition) is 5. The number of rotatable bonds is 7. The summed E-state index contributed by atoms with van der Waals surface area (Å²) < 4.78 is 13.0. The second-order valence-electron chi connectivity index (χ2n) is 3.73. The molecule has 0 saturated carbocycles. The van der Waals surface area contributed by atoms with E-state index < -0.39 is 10.7 Å². The summed E-state index contributed by atoms with van der Waals surface area (Å²) in [5.74, 6) is 0.0607. The summed E-state index contributed by atoms with van der Waals surface area (Å²) in [5.41, 5.74) is -0.0204. The standard InChI is InChI=1S/C11H15FN2O3S/c1-18-7-9(4-5-15)13-10-3-2-8(12)6-11(10)14(16)17/h2-3,6,9,13,15H,4-5,7H2,1H3/t9-/m1/s1. The van der Waals surface area contributed by atoms with Crippen molar-refractivity contribution >= 4 is 23.1 Å². The number of nitro groups is 1. The average molecular weight is 274 g/mol. The van der Waals surface area contributed by atoms with Crippen molar-refractivity contribution in [3.63, 3.8) is 0 Å². The number of aliphatic hydroxyl groups is 1. The lowest BCUT2D eigenvalue weighted by molar-refractivity contribution is -0.384. The predicted octanol–water partition coefficient (Wildman–Crippen LogP) is 2.26. The van der Waals surface area contributed by atoms with Crippen LogP contribution in [0.25, 0.3) is 0 Å². The molecule has 18 heavy (non-hydrogen) atoms. The largest absolute Gasteiger partial charge is 0.396 e. The molecule has 0 aliphatic heterocycles. The van der Waals surface area contributed by atoms with Crippen LogP contribution in [-0.4, -0.2) is 34.7 Å². The predicted molar refractivity (Wildman–Crippen MR) is 70.5 cm³/mol. The van der Waals surface area contributed by atoms with Crippen molar-refractivity contribution in [1.82, 2.24) is 0 Å². The number of anilines is 1. The van der Waals surface area contributed by atoms with Gasteiger partial charge in [-0.05, 0) is 24.8 Å². The van der Waals surface area contributed by atoms with Gasteiger partial charge in [0.15, 0.2) is 0 Å². The zero-order chi connectivity index (χ0) is 13.5. The monoisotopic (exact) mass is 274 g/mol. The minimum atomic E-state index is -0.643. The third kappa shape index (κ3) is 4.15. The summed E-state index contributed by atoms with van der Waals surface area (Å²) in [6, 6.07) is 3.31. The van der Waals surface area contributed by atoms with Gasteiger partial charge in [0, 0.05) is 18.4 Å². The van der Waals surface area contributed by atoms with Gasteiger partial charge in [0.2, 0.25) is 0 Å². The van der Waals surface area contributed by atoms with Crippen LogP contribution in [0.1, 0.15) is 6.42 Å². The van der Waals surface area contributed by atoms with E-state index in [0.717, 1.165) is 6.07 Å². The van der Waals surface area contributed by atoms with E-state index in [9.17, 15) is 14.5 Å². The van der Waals surface area contributed by atoms with E-state index in [1.165, 1.54) is 12.1 Å². The van der Waals surface area contributed by atoms with E-state index in [1.807, 2.05) is 6.26 Å². The molecule has 0 saturated heterocycles.